The number of benzene rings is 1. The second kappa shape index (κ2) is 3.61. The highest BCUT2D eigenvalue weighted by Crippen LogP contribution is 2.28. The highest BCUT2D eigenvalue weighted by atomic mass is 14.8. The van der Waals surface area contributed by atoms with Gasteiger partial charge in [-0.1, -0.05) is 26.8 Å². The third-order valence-corrected chi connectivity index (χ3v) is 3.13. The number of aromatic nitrogens is 2. The van der Waals surface area contributed by atoms with Gasteiger partial charge in [0.25, 0.3) is 0 Å². The van der Waals surface area contributed by atoms with Crippen molar-refractivity contribution >= 4 is 11.0 Å². The molecule has 0 aliphatic carbocycles. The minimum absolute atomic E-state index is 0.214. The van der Waals surface area contributed by atoms with E-state index in [9.17, 15) is 0 Å². The molecule has 0 aliphatic heterocycles. The molecule has 2 aromatic rings. The molecule has 1 aromatic carbocycles. The smallest absolute Gasteiger partial charge is 0.0889 e. The molecule has 1 heterocycles. The fraction of sp³-hybridized carbons (Fsp3) is 0.385. The first-order chi connectivity index (χ1) is 7.13. The summed E-state index contributed by atoms with van der Waals surface area (Å²) in [4.78, 5) is 8.59. The first kappa shape index (κ1) is 10.1. The van der Waals surface area contributed by atoms with Crippen LogP contribution in [0.1, 0.15) is 32.8 Å². The summed E-state index contributed by atoms with van der Waals surface area (Å²) in [5, 5.41) is 0. The van der Waals surface area contributed by atoms with Crippen LogP contribution in [0.5, 0.6) is 0 Å². The zero-order valence-corrected chi connectivity index (χ0v) is 9.49. The van der Waals surface area contributed by atoms with Crippen molar-refractivity contribution < 1.29 is 0 Å². The average molecular weight is 200 g/mol. The maximum absolute atomic E-state index is 4.33. The summed E-state index contributed by atoms with van der Waals surface area (Å²) in [5.74, 6) is 0. The van der Waals surface area contributed by atoms with Gasteiger partial charge in [-0.25, -0.2) is 0 Å². The standard InChI is InChI=1S/C13H16N2/c1-4-13(2,3)10-5-6-11-12(9-10)15-8-7-14-11/h5-9H,4H2,1-3H3. The zero-order chi connectivity index (χ0) is 10.9. The van der Waals surface area contributed by atoms with E-state index in [1.54, 1.807) is 12.4 Å². The third kappa shape index (κ3) is 1.84. The van der Waals surface area contributed by atoms with E-state index in [1.165, 1.54) is 5.56 Å². The van der Waals surface area contributed by atoms with Crippen LogP contribution in [0.4, 0.5) is 0 Å². The Morgan fingerprint density at radius 2 is 1.73 bits per heavy atom. The molecule has 2 heteroatoms. The highest BCUT2D eigenvalue weighted by Gasteiger charge is 2.18. The minimum Gasteiger partial charge on any atom is -0.253 e. The minimum atomic E-state index is 0.214. The van der Waals surface area contributed by atoms with Crippen LogP contribution < -0.4 is 0 Å². The van der Waals surface area contributed by atoms with E-state index < -0.39 is 0 Å². The lowest BCUT2D eigenvalue weighted by molar-refractivity contribution is 0.507. The van der Waals surface area contributed by atoms with Crippen LogP contribution in [0.3, 0.4) is 0 Å². The molecule has 78 valence electrons. The molecule has 0 aliphatic rings. The summed E-state index contributed by atoms with van der Waals surface area (Å²) in [6.45, 7) is 6.72. The van der Waals surface area contributed by atoms with Gasteiger partial charge in [-0.15, -0.1) is 0 Å². The fourth-order valence-corrected chi connectivity index (χ4v) is 1.59. The van der Waals surface area contributed by atoms with Crippen molar-refractivity contribution in [3.63, 3.8) is 0 Å². The van der Waals surface area contributed by atoms with E-state index in [-0.39, 0.29) is 5.41 Å². The molecule has 0 fully saturated rings. The summed E-state index contributed by atoms with van der Waals surface area (Å²) in [7, 11) is 0. The fourth-order valence-electron chi connectivity index (χ4n) is 1.59. The molecule has 2 rings (SSSR count). The predicted molar refractivity (Wildman–Crippen MR) is 62.9 cm³/mol. The van der Waals surface area contributed by atoms with Crippen LogP contribution in [-0.2, 0) is 5.41 Å². The molecule has 1 aromatic heterocycles. The summed E-state index contributed by atoms with van der Waals surface area (Å²) < 4.78 is 0. The Balaban J connectivity index is 2.56. The van der Waals surface area contributed by atoms with E-state index in [4.69, 9.17) is 0 Å². The molecule has 0 saturated heterocycles. The van der Waals surface area contributed by atoms with Crippen LogP contribution in [-0.4, -0.2) is 9.97 Å². The molecule has 0 spiro atoms. The van der Waals surface area contributed by atoms with Gasteiger partial charge in [-0.3, -0.25) is 9.97 Å². The van der Waals surface area contributed by atoms with Gasteiger partial charge in [0.1, 0.15) is 0 Å². The van der Waals surface area contributed by atoms with Crippen molar-refractivity contribution in [2.45, 2.75) is 32.6 Å². The van der Waals surface area contributed by atoms with Gasteiger partial charge >= 0.3 is 0 Å². The van der Waals surface area contributed by atoms with Crippen LogP contribution in [0.25, 0.3) is 11.0 Å². The SMILES string of the molecule is CCC(C)(C)c1ccc2nccnc2c1. The number of nitrogens with zero attached hydrogens (tertiary/aromatic N) is 2. The van der Waals surface area contributed by atoms with E-state index in [2.05, 4.69) is 48.9 Å². The monoisotopic (exact) mass is 200 g/mol. The average Bonchev–Trinajstić information content (AvgIpc) is 2.28. The van der Waals surface area contributed by atoms with Crippen molar-refractivity contribution in [1.82, 2.24) is 9.97 Å². The van der Waals surface area contributed by atoms with Crippen molar-refractivity contribution in [3.05, 3.63) is 36.2 Å². The zero-order valence-electron chi connectivity index (χ0n) is 9.49. The Hall–Kier alpha value is -1.44. The normalized spacial score (nSPS) is 11.9. The highest BCUT2D eigenvalue weighted by molar-refractivity contribution is 5.74. The topological polar surface area (TPSA) is 25.8 Å². The van der Waals surface area contributed by atoms with Gasteiger partial charge in [0, 0.05) is 12.4 Å². The van der Waals surface area contributed by atoms with Crippen molar-refractivity contribution in [1.29, 1.82) is 0 Å². The molecule has 2 nitrogen and oxygen atoms in total. The first-order valence-corrected chi connectivity index (χ1v) is 5.35. The Bertz CT molecular complexity index is 475. The van der Waals surface area contributed by atoms with Crippen molar-refractivity contribution in [3.8, 4) is 0 Å². The molecule has 0 saturated carbocycles. The lowest BCUT2D eigenvalue weighted by atomic mass is 9.82. The molecule has 0 unspecified atom stereocenters. The second-order valence-corrected chi connectivity index (χ2v) is 4.50. The molecule has 15 heavy (non-hydrogen) atoms. The third-order valence-electron chi connectivity index (χ3n) is 3.13. The van der Waals surface area contributed by atoms with Crippen molar-refractivity contribution in [2.75, 3.05) is 0 Å². The number of hydrogen-bond acceptors (Lipinski definition) is 2. The van der Waals surface area contributed by atoms with Gasteiger partial charge < -0.3 is 0 Å². The predicted octanol–water partition coefficient (Wildman–Crippen LogP) is 3.32. The van der Waals surface area contributed by atoms with E-state index in [0.717, 1.165) is 17.5 Å². The van der Waals surface area contributed by atoms with E-state index in [0.29, 0.717) is 0 Å². The van der Waals surface area contributed by atoms with Crippen molar-refractivity contribution in [2.24, 2.45) is 0 Å². The van der Waals surface area contributed by atoms with Crippen LogP contribution in [0.15, 0.2) is 30.6 Å². The van der Waals surface area contributed by atoms with E-state index in [1.807, 2.05) is 0 Å². The molecule has 0 atom stereocenters. The summed E-state index contributed by atoms with van der Waals surface area (Å²) in [6.07, 6.45) is 4.59. The first-order valence-electron chi connectivity index (χ1n) is 5.35. The Labute approximate surface area is 90.4 Å². The van der Waals surface area contributed by atoms with Gasteiger partial charge in [-0.2, -0.15) is 0 Å². The molecular formula is C13H16N2. The summed E-state index contributed by atoms with van der Waals surface area (Å²) >= 11 is 0. The quantitative estimate of drug-likeness (QED) is 0.743. The van der Waals surface area contributed by atoms with Crippen LogP contribution >= 0.6 is 0 Å². The Morgan fingerprint density at radius 3 is 2.40 bits per heavy atom. The number of hydrogen-bond donors (Lipinski definition) is 0. The molecule has 0 bridgehead atoms. The maximum atomic E-state index is 4.33. The second-order valence-electron chi connectivity index (χ2n) is 4.50. The largest absolute Gasteiger partial charge is 0.253 e. The Kier molecular flexibility index (Phi) is 2.43. The number of rotatable bonds is 2. The lowest BCUT2D eigenvalue weighted by Gasteiger charge is -2.23. The Morgan fingerprint density at radius 1 is 1.07 bits per heavy atom. The molecule has 0 amide bonds. The summed E-state index contributed by atoms with van der Waals surface area (Å²) in [5.41, 5.74) is 3.49. The van der Waals surface area contributed by atoms with E-state index >= 15 is 0 Å². The van der Waals surface area contributed by atoms with Crippen LogP contribution in [0.2, 0.25) is 0 Å². The van der Waals surface area contributed by atoms with Gasteiger partial charge in [0.15, 0.2) is 0 Å². The molecular weight excluding hydrogens is 184 g/mol. The lowest BCUT2D eigenvalue weighted by Crippen LogP contribution is -2.15. The van der Waals surface area contributed by atoms with Crippen LogP contribution in [0, 0.1) is 0 Å². The number of fused-ring (bicyclic) bond motifs is 1. The summed E-state index contributed by atoms with van der Waals surface area (Å²) in [6, 6.07) is 6.35. The van der Waals surface area contributed by atoms with Gasteiger partial charge in [-0.05, 0) is 29.5 Å². The molecule has 0 radical (unpaired) electrons. The molecule has 0 N–H and O–H groups in total. The maximum Gasteiger partial charge on any atom is 0.0889 e. The van der Waals surface area contributed by atoms with Gasteiger partial charge in [0.2, 0.25) is 0 Å². The van der Waals surface area contributed by atoms with Gasteiger partial charge in [0.05, 0.1) is 11.0 Å².